The summed E-state index contributed by atoms with van der Waals surface area (Å²) in [5, 5.41) is 0. The molecule has 0 fully saturated rings. The Labute approximate surface area is 194 Å². The highest BCUT2D eigenvalue weighted by molar-refractivity contribution is 7.80. The lowest BCUT2D eigenvalue weighted by Crippen LogP contribution is -2.27. The second-order valence-electron chi connectivity index (χ2n) is 9.30. The van der Waals surface area contributed by atoms with Crippen molar-refractivity contribution >= 4 is 29.5 Å². The molecular weight excluding hydrogens is 460 g/mol. The molecule has 0 heterocycles. The number of halogens is 6. The van der Waals surface area contributed by atoms with E-state index in [0.717, 1.165) is 5.69 Å². The van der Waals surface area contributed by atoms with Gasteiger partial charge in [0.15, 0.2) is 0 Å². The average Bonchev–Trinajstić information content (AvgIpc) is 3.08. The number of allylic oxidation sites excluding steroid dienone is 4. The third kappa shape index (κ3) is 3.66. The van der Waals surface area contributed by atoms with Crippen LogP contribution in [0.4, 0.5) is 32.0 Å². The van der Waals surface area contributed by atoms with Crippen LogP contribution in [-0.4, -0.2) is 26.4 Å². The Kier molecular flexibility index (Phi) is 5.47. The zero-order valence-electron chi connectivity index (χ0n) is 18.4. The molecular formula is C25H23F6NS. The van der Waals surface area contributed by atoms with Gasteiger partial charge in [0.2, 0.25) is 0 Å². The molecule has 2 aliphatic rings. The predicted molar refractivity (Wildman–Crippen MR) is 121 cm³/mol. The Morgan fingerprint density at radius 3 is 1.70 bits per heavy atom. The molecule has 8 heteroatoms. The summed E-state index contributed by atoms with van der Waals surface area (Å²) in [6.45, 7) is 2.99. The van der Waals surface area contributed by atoms with E-state index in [9.17, 15) is 26.3 Å². The number of nitrogens with zero attached hydrogens (tertiary/aromatic N) is 1. The molecule has 0 aliphatic heterocycles. The number of anilines is 1. The number of thiol groups is 1. The first kappa shape index (κ1) is 23.8. The lowest BCUT2D eigenvalue weighted by Gasteiger charge is -2.29. The summed E-state index contributed by atoms with van der Waals surface area (Å²) in [7, 11) is 3.66. The van der Waals surface area contributed by atoms with Crippen molar-refractivity contribution in [1.29, 1.82) is 0 Å². The Bertz CT molecular complexity index is 1150. The van der Waals surface area contributed by atoms with E-state index in [0.29, 0.717) is 16.0 Å². The first-order chi connectivity index (χ1) is 15.2. The van der Waals surface area contributed by atoms with Crippen LogP contribution in [0.1, 0.15) is 25.0 Å². The van der Waals surface area contributed by atoms with Crippen LogP contribution >= 0.6 is 12.6 Å². The highest BCUT2D eigenvalue weighted by Gasteiger charge is 2.67. The fourth-order valence-electron chi connectivity index (χ4n) is 5.46. The van der Waals surface area contributed by atoms with Crippen LogP contribution in [0.5, 0.6) is 0 Å². The second kappa shape index (κ2) is 7.58. The molecule has 2 bridgehead atoms. The number of hydrogen-bond donors (Lipinski definition) is 1. The van der Waals surface area contributed by atoms with E-state index in [1.165, 1.54) is 13.8 Å². The van der Waals surface area contributed by atoms with Crippen LogP contribution in [0.25, 0.3) is 11.1 Å². The Morgan fingerprint density at radius 1 is 0.758 bits per heavy atom. The summed E-state index contributed by atoms with van der Waals surface area (Å²) in [5.74, 6) is -2.91. The van der Waals surface area contributed by atoms with Gasteiger partial charge in [-0.3, -0.25) is 0 Å². The molecule has 2 aliphatic carbocycles. The normalized spacial score (nSPS) is 22.4. The maximum absolute atomic E-state index is 14.2. The van der Waals surface area contributed by atoms with Crippen LogP contribution in [0, 0.1) is 17.3 Å². The topological polar surface area (TPSA) is 3.24 Å². The van der Waals surface area contributed by atoms with Crippen molar-refractivity contribution in [3.63, 3.8) is 0 Å². The number of benzene rings is 2. The third-order valence-electron chi connectivity index (χ3n) is 6.72. The van der Waals surface area contributed by atoms with Gasteiger partial charge in [0.1, 0.15) is 0 Å². The maximum Gasteiger partial charge on any atom is 0.413 e. The third-order valence-corrected chi connectivity index (χ3v) is 7.11. The van der Waals surface area contributed by atoms with Crippen LogP contribution < -0.4 is 4.90 Å². The van der Waals surface area contributed by atoms with E-state index in [2.05, 4.69) is 12.6 Å². The summed E-state index contributed by atoms with van der Waals surface area (Å²) in [6, 6.07) is 13.5. The molecule has 2 atom stereocenters. The van der Waals surface area contributed by atoms with Crippen molar-refractivity contribution in [3.05, 3.63) is 70.8 Å². The quantitative estimate of drug-likeness (QED) is 0.267. The molecule has 2 unspecified atom stereocenters. The molecule has 0 N–H and O–H groups in total. The molecule has 176 valence electrons. The molecule has 0 radical (unpaired) electrons. The van der Waals surface area contributed by atoms with Gasteiger partial charge in [-0.05, 0) is 45.9 Å². The van der Waals surface area contributed by atoms with Crippen molar-refractivity contribution in [2.24, 2.45) is 17.3 Å². The Morgan fingerprint density at radius 2 is 1.24 bits per heavy atom. The highest BCUT2D eigenvalue weighted by atomic mass is 32.1. The van der Waals surface area contributed by atoms with Crippen LogP contribution in [0.15, 0.2) is 64.6 Å². The Hall–Kier alpha value is -2.35. The largest absolute Gasteiger partial charge is 0.413 e. The van der Waals surface area contributed by atoms with Crippen LogP contribution in [0.2, 0.25) is 0 Å². The monoisotopic (exact) mass is 483 g/mol. The van der Waals surface area contributed by atoms with Gasteiger partial charge < -0.3 is 4.90 Å². The van der Waals surface area contributed by atoms with Gasteiger partial charge in [-0.25, -0.2) is 0 Å². The molecule has 4 rings (SSSR count). The van der Waals surface area contributed by atoms with E-state index in [1.807, 2.05) is 19.0 Å². The second-order valence-corrected chi connectivity index (χ2v) is 9.78. The maximum atomic E-state index is 14.2. The minimum Gasteiger partial charge on any atom is -0.378 e. The van der Waals surface area contributed by atoms with Gasteiger partial charge >= 0.3 is 12.4 Å². The summed E-state index contributed by atoms with van der Waals surface area (Å²) in [4.78, 5) is 2.27. The van der Waals surface area contributed by atoms with E-state index < -0.39 is 40.7 Å². The molecule has 0 saturated heterocycles. The summed E-state index contributed by atoms with van der Waals surface area (Å²) in [6.07, 6.45) is -10.2. The summed E-state index contributed by atoms with van der Waals surface area (Å²) >= 11 is 4.44. The van der Waals surface area contributed by atoms with Crippen molar-refractivity contribution in [1.82, 2.24) is 0 Å². The lowest BCUT2D eigenvalue weighted by molar-refractivity contribution is -0.117. The van der Waals surface area contributed by atoms with E-state index in [4.69, 9.17) is 0 Å². The fourth-order valence-corrected chi connectivity index (χ4v) is 5.74. The zero-order chi connectivity index (χ0) is 24.5. The van der Waals surface area contributed by atoms with Gasteiger partial charge in [-0.1, -0.05) is 44.2 Å². The zero-order valence-corrected chi connectivity index (χ0v) is 19.3. The highest BCUT2D eigenvalue weighted by Crippen LogP contribution is 2.71. The fraction of sp³-hybridized carbons (Fsp3) is 0.360. The molecule has 33 heavy (non-hydrogen) atoms. The van der Waals surface area contributed by atoms with Gasteiger partial charge in [-0.15, -0.1) is 12.6 Å². The SMILES string of the molecule is CN(C)c1ccc(C2=C(c3ccccc3S)C3C(C(F)(F)F)=C(C(F)(F)F)C2C3(C)C)cc1. The lowest BCUT2D eigenvalue weighted by atomic mass is 9.74. The van der Waals surface area contributed by atoms with E-state index in [-0.39, 0.29) is 11.1 Å². The average molecular weight is 484 g/mol. The first-order valence-corrected chi connectivity index (χ1v) is 10.8. The van der Waals surface area contributed by atoms with Gasteiger partial charge in [0, 0.05) is 47.7 Å². The molecule has 0 spiro atoms. The number of hydrogen-bond acceptors (Lipinski definition) is 2. The van der Waals surface area contributed by atoms with Gasteiger partial charge in [0.25, 0.3) is 0 Å². The van der Waals surface area contributed by atoms with Crippen LogP contribution in [0.3, 0.4) is 0 Å². The molecule has 0 aromatic heterocycles. The Balaban J connectivity index is 2.07. The number of fused-ring (bicyclic) bond motifs is 2. The van der Waals surface area contributed by atoms with Gasteiger partial charge in [-0.2, -0.15) is 26.3 Å². The van der Waals surface area contributed by atoms with Crippen molar-refractivity contribution in [3.8, 4) is 0 Å². The summed E-state index contributed by atoms with van der Waals surface area (Å²) < 4.78 is 85.2. The molecule has 2 aromatic rings. The first-order valence-electron chi connectivity index (χ1n) is 10.4. The van der Waals surface area contributed by atoms with E-state index in [1.54, 1.807) is 48.5 Å². The molecule has 0 amide bonds. The minimum absolute atomic E-state index is 0.272. The van der Waals surface area contributed by atoms with Crippen molar-refractivity contribution in [2.75, 3.05) is 19.0 Å². The molecule has 2 aromatic carbocycles. The number of rotatable bonds is 3. The van der Waals surface area contributed by atoms with E-state index >= 15 is 0 Å². The molecule has 1 nitrogen and oxygen atoms in total. The van der Waals surface area contributed by atoms with Crippen molar-refractivity contribution in [2.45, 2.75) is 31.1 Å². The van der Waals surface area contributed by atoms with Crippen LogP contribution in [-0.2, 0) is 0 Å². The molecule has 0 saturated carbocycles. The number of alkyl halides is 6. The van der Waals surface area contributed by atoms with Gasteiger partial charge in [0.05, 0.1) is 0 Å². The minimum atomic E-state index is -5.11. The van der Waals surface area contributed by atoms with Crippen molar-refractivity contribution < 1.29 is 26.3 Å². The summed E-state index contributed by atoms with van der Waals surface area (Å²) in [5.41, 5.74) is -1.98. The standard InChI is InChI=1S/C25H23F6NS/c1-23(2)19-17(13-9-11-14(12-10-13)32(3)4)18(15-7-5-6-8-16(15)33)20(23)22(25(29,30)31)21(19)24(26,27)28/h5-12,19-20,33H,1-4H3. The smallest absolute Gasteiger partial charge is 0.378 e. The predicted octanol–water partition coefficient (Wildman–Crippen LogP) is 7.66.